The van der Waals surface area contributed by atoms with Crippen molar-refractivity contribution in [3.63, 3.8) is 0 Å². The van der Waals surface area contributed by atoms with E-state index in [1.807, 2.05) is 0 Å². The van der Waals surface area contributed by atoms with Crippen molar-refractivity contribution in [1.82, 2.24) is 0 Å². The monoisotopic (exact) mass is 877 g/mol. The van der Waals surface area contributed by atoms with E-state index in [9.17, 15) is 50.5 Å². The molecule has 0 saturated heterocycles. The summed E-state index contributed by atoms with van der Waals surface area (Å²) in [5.41, 5.74) is 7.08. The number of anilines is 1. The van der Waals surface area contributed by atoms with Crippen molar-refractivity contribution < 1.29 is 55.2 Å². The number of nitrogens with two attached hydrogens (primary N) is 1. The van der Waals surface area contributed by atoms with Crippen LogP contribution < -0.4 is 10.5 Å². The van der Waals surface area contributed by atoms with E-state index in [0.29, 0.717) is 16.9 Å². The zero-order chi connectivity index (χ0) is 43.6. The second-order valence-electron chi connectivity index (χ2n) is 12.8. The molecule has 0 amide bonds. The smallest absolute Gasteiger partial charge is 0.295 e. The van der Waals surface area contributed by atoms with Gasteiger partial charge in [0.25, 0.3) is 10.1 Å². The molecule has 0 radical (unpaired) electrons. The average molecular weight is 878 g/mol. The van der Waals surface area contributed by atoms with Crippen molar-refractivity contribution in [1.29, 1.82) is 0 Å². The average Bonchev–Trinajstić information content (AvgIpc) is 3.18. The summed E-state index contributed by atoms with van der Waals surface area (Å²) in [4.78, 5) is -1.38. The second kappa shape index (κ2) is 17.1. The zero-order valence-electron chi connectivity index (χ0n) is 31.1. The van der Waals surface area contributed by atoms with Gasteiger partial charge in [-0.3, -0.25) is 4.55 Å². The molecule has 0 saturated carbocycles. The molecule has 60 heavy (non-hydrogen) atoms. The molecule has 11 N–H and O–H groups in total. The van der Waals surface area contributed by atoms with Gasteiger partial charge in [-0.1, -0.05) is 24.3 Å². The zero-order valence-corrected chi connectivity index (χ0v) is 33.6. The molecule has 0 aliphatic carbocycles. The summed E-state index contributed by atoms with van der Waals surface area (Å²) < 4.78 is 100. The molecule has 6 aromatic carbocycles. The summed E-state index contributed by atoms with van der Waals surface area (Å²) in [6.45, 7) is 1.65. The van der Waals surface area contributed by atoms with Gasteiger partial charge in [-0.25, -0.2) is 0 Å². The quantitative estimate of drug-likeness (QED) is 0.0237. The fraction of sp³-hybridized carbons (Fsp3) is 0.0526. The summed E-state index contributed by atoms with van der Waals surface area (Å²) in [5.74, 6) is -0.364. The molecule has 0 unspecified atom stereocenters. The lowest BCUT2D eigenvalue weighted by Gasteiger charge is -2.22. The third-order valence-electron chi connectivity index (χ3n) is 8.54. The Bertz CT molecular complexity index is 2860. The van der Waals surface area contributed by atoms with Crippen molar-refractivity contribution in [2.45, 2.75) is 21.6 Å². The normalized spacial score (nSPS) is 13.3. The number of fused-ring (bicyclic) bond motifs is 1. The molecule has 0 spiro atoms. The van der Waals surface area contributed by atoms with Crippen LogP contribution in [0.15, 0.2) is 142 Å². The topological polar surface area (TPSA) is 326 Å². The van der Waals surface area contributed by atoms with E-state index in [1.54, 1.807) is 19.1 Å². The summed E-state index contributed by atoms with van der Waals surface area (Å²) >= 11 is 0. The number of methoxy groups -OCH3 is 1. The van der Waals surface area contributed by atoms with Gasteiger partial charge in [-0.2, -0.15) is 28.9 Å². The maximum Gasteiger partial charge on any atom is 0.295 e. The van der Waals surface area contributed by atoms with Gasteiger partial charge in [-0.05, 0) is 108 Å². The molecular formula is C38H35N7O12S3. The third-order valence-corrected chi connectivity index (χ3v) is 11.3. The largest absolute Gasteiger partial charge is 0.508 e. The van der Waals surface area contributed by atoms with E-state index in [0.717, 1.165) is 12.1 Å². The molecule has 312 valence electrons. The molecule has 0 aliphatic heterocycles. The number of benzene rings is 6. The van der Waals surface area contributed by atoms with Crippen LogP contribution in [-0.2, 0) is 10.1 Å². The van der Waals surface area contributed by atoms with Gasteiger partial charge < -0.3 is 48.0 Å². The molecule has 0 fully saturated rings. The number of ether oxygens (including phenoxy) is 1. The van der Waals surface area contributed by atoms with Crippen molar-refractivity contribution in [3.8, 4) is 17.2 Å². The third kappa shape index (κ3) is 10.1. The Balaban J connectivity index is 1.29. The number of phenols is 2. The highest BCUT2D eigenvalue weighted by Crippen LogP contribution is 2.55. The van der Waals surface area contributed by atoms with Gasteiger partial charge in [0.1, 0.15) is 49.5 Å². The molecule has 0 aliphatic rings. The van der Waals surface area contributed by atoms with Gasteiger partial charge in [0.05, 0.1) is 39.7 Å². The van der Waals surface area contributed by atoms with Crippen LogP contribution >= 0.6 is 21.7 Å². The SMILES string of the molecule is COc1cc(N=Nc2ccc(C=Cc3ccc(N)cc3S(=O)(=O)O)c(S(O)(O)O)c2)c(C)cc1N=Nc1c(S(O)(O)O)cc2cc(N=Nc3ccc(O)cc3)ccc2c1O. The van der Waals surface area contributed by atoms with Crippen LogP contribution in [0.1, 0.15) is 16.7 Å². The molecule has 0 bridgehead atoms. The number of nitrogens with zero attached hydrogens (tertiary/aromatic N) is 6. The standard InChI is InChI=1S/C38H35N7O12S3/c1-21-15-32(44-45-37-36(60(54,55)56)17-24-16-27(11-14-30(24)38(37)47)41-40-26-9-12-29(46)13-10-26)33(57-2)20-31(21)43-42-28-8-6-23(35(19-28)59(51,52)53)4-3-22-5-7-25(39)18-34(22)58(48,49)50/h3-20,46-47,51-56H,39H2,1-2H3,(H,48,49,50). The molecule has 19 nitrogen and oxygen atoms in total. The van der Waals surface area contributed by atoms with Gasteiger partial charge in [0, 0.05) is 17.1 Å². The van der Waals surface area contributed by atoms with E-state index < -0.39 is 53.1 Å². The lowest BCUT2D eigenvalue weighted by molar-refractivity contribution is 0.373. The first-order chi connectivity index (χ1) is 28.2. The van der Waals surface area contributed by atoms with Crippen molar-refractivity contribution in [2.24, 2.45) is 30.7 Å². The van der Waals surface area contributed by atoms with Crippen LogP contribution in [0.25, 0.3) is 22.9 Å². The Hall–Kier alpha value is -6.31. The Morgan fingerprint density at radius 3 is 1.80 bits per heavy atom. The van der Waals surface area contributed by atoms with E-state index in [2.05, 4.69) is 30.7 Å². The molecule has 6 rings (SSSR count). The number of azo groups is 3. The minimum absolute atomic E-state index is 0.0316. The fourth-order valence-corrected chi connectivity index (χ4v) is 7.75. The van der Waals surface area contributed by atoms with Gasteiger partial charge in [-0.15, -0.1) is 10.2 Å². The molecule has 6 aromatic rings. The van der Waals surface area contributed by atoms with E-state index in [4.69, 9.17) is 10.5 Å². The number of aromatic hydroxyl groups is 2. The second-order valence-corrected chi connectivity index (χ2v) is 17.1. The number of hydrogen-bond donors (Lipinski definition) is 10. The predicted octanol–water partition coefficient (Wildman–Crippen LogP) is 12.0. The van der Waals surface area contributed by atoms with Crippen molar-refractivity contribution in [3.05, 3.63) is 114 Å². The first kappa shape index (κ1) is 43.3. The summed E-state index contributed by atoms with van der Waals surface area (Å²) in [6.07, 6.45) is 2.56. The highest BCUT2D eigenvalue weighted by Gasteiger charge is 2.26. The van der Waals surface area contributed by atoms with Crippen LogP contribution in [0.3, 0.4) is 0 Å². The fourth-order valence-electron chi connectivity index (χ4n) is 5.62. The maximum atomic E-state index is 11.9. The van der Waals surface area contributed by atoms with E-state index >= 15 is 0 Å². The lowest BCUT2D eigenvalue weighted by Crippen LogP contribution is -2.02. The number of phenolic OH excluding ortho intramolecular Hbond substituents is 2. The number of hydrogen-bond acceptors (Lipinski definition) is 18. The number of aryl methyl sites for hydroxylation is 1. The minimum Gasteiger partial charge on any atom is -0.508 e. The molecule has 0 aromatic heterocycles. The van der Waals surface area contributed by atoms with Crippen LogP contribution in [0.2, 0.25) is 0 Å². The first-order valence-electron chi connectivity index (χ1n) is 16.9. The van der Waals surface area contributed by atoms with E-state index in [1.165, 1.54) is 92.1 Å². The first-order valence-corrected chi connectivity index (χ1v) is 21.4. The number of nitrogen functional groups attached to an aromatic ring is 1. The van der Waals surface area contributed by atoms with Crippen LogP contribution in [0.4, 0.5) is 39.8 Å². The van der Waals surface area contributed by atoms with Crippen molar-refractivity contribution in [2.75, 3.05) is 12.8 Å². The lowest BCUT2D eigenvalue weighted by atomic mass is 10.1. The number of rotatable bonds is 12. The highest BCUT2D eigenvalue weighted by atomic mass is 32.3. The van der Waals surface area contributed by atoms with E-state index in [-0.39, 0.29) is 61.0 Å². The summed E-state index contributed by atoms with van der Waals surface area (Å²) in [7, 11) is -12.1. The summed E-state index contributed by atoms with van der Waals surface area (Å²) in [5, 5.41) is 46.0. The Morgan fingerprint density at radius 2 is 1.15 bits per heavy atom. The van der Waals surface area contributed by atoms with Crippen molar-refractivity contribution >= 4 is 94.6 Å². The molecule has 0 atom stereocenters. The van der Waals surface area contributed by atoms with Crippen LogP contribution in [0.5, 0.6) is 17.2 Å². The maximum absolute atomic E-state index is 11.9. The van der Waals surface area contributed by atoms with Gasteiger partial charge >= 0.3 is 0 Å². The van der Waals surface area contributed by atoms with Crippen LogP contribution in [-0.4, -0.2) is 57.6 Å². The molecular weight excluding hydrogens is 843 g/mol. The molecule has 0 heterocycles. The minimum atomic E-state index is -4.66. The van der Waals surface area contributed by atoms with Crippen LogP contribution in [0, 0.1) is 6.92 Å². The molecule has 22 heteroatoms. The predicted molar refractivity (Wildman–Crippen MR) is 228 cm³/mol. The van der Waals surface area contributed by atoms with Gasteiger partial charge in [0.15, 0.2) is 5.75 Å². The summed E-state index contributed by atoms with van der Waals surface area (Å²) in [6, 6.07) is 22.4. The Morgan fingerprint density at radius 1 is 0.583 bits per heavy atom. The Labute approximate surface area is 344 Å². The highest BCUT2D eigenvalue weighted by molar-refractivity contribution is 8.19. The Kier molecular flexibility index (Phi) is 12.3. The van der Waals surface area contributed by atoms with Gasteiger partial charge in [0.2, 0.25) is 0 Å².